The topological polar surface area (TPSA) is 73.9 Å². The molecule has 1 unspecified atom stereocenters. The van der Waals surface area contributed by atoms with Gasteiger partial charge in [0.1, 0.15) is 6.33 Å². The van der Waals surface area contributed by atoms with E-state index in [9.17, 15) is 4.79 Å². The summed E-state index contributed by atoms with van der Waals surface area (Å²) in [6, 6.07) is 8.15. The minimum absolute atomic E-state index is 0.00345. The Morgan fingerprint density at radius 3 is 2.88 bits per heavy atom. The molecule has 1 fully saturated rings. The second-order valence-electron chi connectivity index (χ2n) is 6.31. The number of thioether (sulfide) groups is 1. The highest BCUT2D eigenvalue weighted by molar-refractivity contribution is 7.98. The second-order valence-corrected chi connectivity index (χ2v) is 7.28. The fourth-order valence-electron chi connectivity index (χ4n) is 2.82. The van der Waals surface area contributed by atoms with Gasteiger partial charge in [0.05, 0.1) is 0 Å². The molecule has 0 aliphatic heterocycles. The molecule has 1 atom stereocenters. The highest BCUT2D eigenvalue weighted by Crippen LogP contribution is 2.34. The fourth-order valence-corrected chi connectivity index (χ4v) is 3.60. The molecule has 3 rings (SSSR count). The molecule has 1 aliphatic rings. The van der Waals surface area contributed by atoms with Crippen LogP contribution in [0.15, 0.2) is 35.7 Å². The van der Waals surface area contributed by atoms with Crippen LogP contribution in [-0.4, -0.2) is 52.7 Å². The van der Waals surface area contributed by atoms with E-state index >= 15 is 0 Å². The average Bonchev–Trinajstić information content (AvgIpc) is 3.27. The predicted octanol–water partition coefficient (Wildman–Crippen LogP) is 2.17. The van der Waals surface area contributed by atoms with Gasteiger partial charge in [-0.15, -0.1) is 0 Å². The van der Waals surface area contributed by atoms with E-state index in [0.717, 1.165) is 22.2 Å². The van der Waals surface area contributed by atoms with Crippen LogP contribution in [0, 0.1) is 5.92 Å². The van der Waals surface area contributed by atoms with Crippen molar-refractivity contribution in [2.75, 3.05) is 20.6 Å². The largest absolute Gasteiger partial charge is 0.350 e. The lowest BCUT2D eigenvalue weighted by Crippen LogP contribution is -2.41. The minimum Gasteiger partial charge on any atom is -0.350 e. The van der Waals surface area contributed by atoms with Crippen LogP contribution in [0.25, 0.3) is 0 Å². The third kappa shape index (κ3) is 4.36. The van der Waals surface area contributed by atoms with E-state index in [-0.39, 0.29) is 5.91 Å². The lowest BCUT2D eigenvalue weighted by Gasteiger charge is -2.24. The number of likely N-dealkylation sites (N-methyl/N-ethyl adjacent to an activating group) is 1. The number of hydrogen-bond donors (Lipinski definition) is 2. The first-order valence-electron chi connectivity index (χ1n) is 8.16. The molecule has 0 saturated heterocycles. The molecule has 1 saturated carbocycles. The molecule has 1 amide bonds. The summed E-state index contributed by atoms with van der Waals surface area (Å²) in [6.45, 7) is 0.695. The van der Waals surface area contributed by atoms with Gasteiger partial charge in [-0.05, 0) is 44.5 Å². The number of benzene rings is 1. The predicted molar refractivity (Wildman–Crippen MR) is 94.9 cm³/mol. The first kappa shape index (κ1) is 17.0. The van der Waals surface area contributed by atoms with Crippen LogP contribution in [-0.2, 0) is 5.75 Å². The molecule has 7 heteroatoms. The summed E-state index contributed by atoms with van der Waals surface area (Å²) in [7, 11) is 4.16. The third-order valence-electron chi connectivity index (χ3n) is 4.32. The molecule has 128 valence electrons. The number of carbonyl (C=O) groups is 1. The first-order chi connectivity index (χ1) is 11.6. The van der Waals surface area contributed by atoms with E-state index in [1.54, 1.807) is 0 Å². The summed E-state index contributed by atoms with van der Waals surface area (Å²) in [6.07, 6.45) is 4.02. The normalized spacial score (nSPS) is 15.5. The maximum Gasteiger partial charge on any atom is 0.251 e. The second kappa shape index (κ2) is 7.81. The molecule has 1 heterocycles. The van der Waals surface area contributed by atoms with Gasteiger partial charge in [0.2, 0.25) is 0 Å². The van der Waals surface area contributed by atoms with E-state index in [1.807, 2.05) is 24.3 Å². The Kier molecular flexibility index (Phi) is 5.52. The smallest absolute Gasteiger partial charge is 0.251 e. The van der Waals surface area contributed by atoms with Crippen molar-refractivity contribution in [1.82, 2.24) is 25.4 Å². The van der Waals surface area contributed by atoms with Crippen LogP contribution in [0.5, 0.6) is 0 Å². The van der Waals surface area contributed by atoms with Gasteiger partial charge in [-0.1, -0.05) is 30.0 Å². The van der Waals surface area contributed by atoms with Gasteiger partial charge >= 0.3 is 0 Å². The molecule has 0 radical (unpaired) electrons. The highest BCUT2D eigenvalue weighted by atomic mass is 32.2. The van der Waals surface area contributed by atoms with Crippen LogP contribution in [0.4, 0.5) is 0 Å². The summed E-state index contributed by atoms with van der Waals surface area (Å²) in [4.78, 5) is 18.9. The van der Waals surface area contributed by atoms with Gasteiger partial charge in [0.15, 0.2) is 5.16 Å². The van der Waals surface area contributed by atoms with Crippen molar-refractivity contribution < 1.29 is 4.79 Å². The van der Waals surface area contributed by atoms with Crippen molar-refractivity contribution in [3.63, 3.8) is 0 Å². The number of hydrogen-bond acceptors (Lipinski definition) is 5. The fraction of sp³-hybridized carbons (Fsp3) is 0.471. The van der Waals surface area contributed by atoms with Crippen molar-refractivity contribution in [2.24, 2.45) is 5.92 Å². The maximum absolute atomic E-state index is 12.6. The van der Waals surface area contributed by atoms with Gasteiger partial charge in [-0.25, -0.2) is 4.98 Å². The number of aromatic amines is 1. The molecule has 0 spiro atoms. The number of H-pyrrole nitrogens is 1. The van der Waals surface area contributed by atoms with Gasteiger partial charge in [-0.3, -0.25) is 9.89 Å². The molecule has 1 aromatic heterocycles. The van der Waals surface area contributed by atoms with Crippen LogP contribution in [0.2, 0.25) is 0 Å². The summed E-state index contributed by atoms with van der Waals surface area (Å²) < 4.78 is 0. The summed E-state index contributed by atoms with van der Waals surface area (Å²) in [5.74, 6) is 1.40. The number of nitrogens with one attached hydrogen (secondary N) is 2. The minimum atomic E-state index is -0.00345. The highest BCUT2D eigenvalue weighted by Gasteiger charge is 2.32. The number of carbonyl (C=O) groups excluding carboxylic acids is 1. The van der Waals surface area contributed by atoms with Gasteiger partial charge < -0.3 is 10.2 Å². The van der Waals surface area contributed by atoms with Crippen LogP contribution < -0.4 is 5.32 Å². The third-order valence-corrected chi connectivity index (χ3v) is 5.25. The number of nitrogens with zero attached hydrogens (tertiary/aromatic N) is 3. The zero-order chi connectivity index (χ0) is 16.9. The Labute approximate surface area is 146 Å². The quantitative estimate of drug-likeness (QED) is 0.717. The molecule has 6 nitrogen and oxygen atoms in total. The number of rotatable bonds is 8. The SMILES string of the molecule is CN(C)C(CNC(=O)c1ccccc1CSc1ncn[nH]1)C1CC1. The summed E-state index contributed by atoms with van der Waals surface area (Å²) in [5, 5.41) is 10.5. The number of amides is 1. The summed E-state index contributed by atoms with van der Waals surface area (Å²) >= 11 is 1.54. The molecule has 2 aromatic rings. The van der Waals surface area contributed by atoms with Crippen LogP contribution in [0.1, 0.15) is 28.8 Å². The van der Waals surface area contributed by atoms with Gasteiger partial charge in [0, 0.05) is 23.9 Å². The van der Waals surface area contributed by atoms with E-state index in [2.05, 4.69) is 39.5 Å². The van der Waals surface area contributed by atoms with Gasteiger partial charge in [0.25, 0.3) is 5.91 Å². The summed E-state index contributed by atoms with van der Waals surface area (Å²) in [5.41, 5.74) is 1.74. The van der Waals surface area contributed by atoms with E-state index in [4.69, 9.17) is 0 Å². The molecule has 1 aliphatic carbocycles. The van der Waals surface area contributed by atoms with Crippen LogP contribution >= 0.6 is 11.8 Å². The van der Waals surface area contributed by atoms with Crippen molar-refractivity contribution in [3.05, 3.63) is 41.7 Å². The van der Waals surface area contributed by atoms with Crippen LogP contribution in [0.3, 0.4) is 0 Å². The maximum atomic E-state index is 12.6. The Bertz CT molecular complexity index is 667. The Balaban J connectivity index is 1.61. The van der Waals surface area contributed by atoms with E-state index in [1.165, 1.54) is 30.9 Å². The van der Waals surface area contributed by atoms with Crippen molar-refractivity contribution >= 4 is 17.7 Å². The van der Waals surface area contributed by atoms with Crippen molar-refractivity contribution in [1.29, 1.82) is 0 Å². The standard InChI is InChI=1S/C17H23N5OS/c1-22(2)15(12-7-8-12)9-18-16(23)14-6-4-3-5-13(14)10-24-17-19-11-20-21-17/h3-6,11-12,15H,7-10H2,1-2H3,(H,18,23)(H,19,20,21). The van der Waals surface area contributed by atoms with Gasteiger partial charge in [-0.2, -0.15) is 5.10 Å². The molecule has 2 N–H and O–H groups in total. The molecular formula is C17H23N5OS. The molecule has 24 heavy (non-hydrogen) atoms. The van der Waals surface area contributed by atoms with E-state index < -0.39 is 0 Å². The van der Waals surface area contributed by atoms with Crippen molar-refractivity contribution in [2.45, 2.75) is 29.8 Å². The van der Waals surface area contributed by atoms with E-state index in [0.29, 0.717) is 18.3 Å². The number of aromatic nitrogens is 3. The molecule has 0 bridgehead atoms. The Hall–Kier alpha value is -1.86. The Morgan fingerprint density at radius 2 is 2.21 bits per heavy atom. The monoisotopic (exact) mass is 345 g/mol. The average molecular weight is 345 g/mol. The first-order valence-corrected chi connectivity index (χ1v) is 9.14. The molecule has 1 aromatic carbocycles. The van der Waals surface area contributed by atoms with Crippen molar-refractivity contribution in [3.8, 4) is 0 Å². The lowest BCUT2D eigenvalue weighted by molar-refractivity contribution is 0.0938. The molecular weight excluding hydrogens is 322 g/mol. The zero-order valence-electron chi connectivity index (χ0n) is 14.0. The zero-order valence-corrected chi connectivity index (χ0v) is 14.8. The lowest BCUT2D eigenvalue weighted by atomic mass is 10.1. The Morgan fingerprint density at radius 1 is 1.42 bits per heavy atom.